The number of hydrogen-bond donors (Lipinski definition) is 2. The van der Waals surface area contributed by atoms with Gasteiger partial charge in [-0.15, -0.1) is 0 Å². The first kappa shape index (κ1) is 19.2. The van der Waals surface area contributed by atoms with Gasteiger partial charge in [0, 0.05) is 17.8 Å². The van der Waals surface area contributed by atoms with E-state index in [9.17, 15) is 9.59 Å². The van der Waals surface area contributed by atoms with Crippen LogP contribution in [0.25, 0.3) is 0 Å². The highest BCUT2D eigenvalue weighted by Gasteiger charge is 2.11. The van der Waals surface area contributed by atoms with E-state index in [1.165, 1.54) is 0 Å². The van der Waals surface area contributed by atoms with Crippen molar-refractivity contribution in [3.05, 3.63) is 29.8 Å². The van der Waals surface area contributed by atoms with Crippen molar-refractivity contribution in [2.75, 3.05) is 31.5 Å². The Morgan fingerprint density at radius 2 is 1.74 bits per heavy atom. The van der Waals surface area contributed by atoms with E-state index in [1.54, 1.807) is 24.3 Å². The minimum absolute atomic E-state index is 0.0435. The molecule has 1 rings (SSSR count). The molecular weight excluding hydrogens is 290 g/mol. The number of carbonyl (C=O) groups is 2. The second-order valence-electron chi connectivity index (χ2n) is 5.66. The maximum atomic E-state index is 12.2. The maximum Gasteiger partial charge on any atom is 0.251 e. The van der Waals surface area contributed by atoms with Gasteiger partial charge in [-0.05, 0) is 50.6 Å². The highest BCUT2D eigenvalue weighted by Crippen LogP contribution is 2.11. The van der Waals surface area contributed by atoms with Crippen LogP contribution in [0.4, 0.5) is 5.69 Å². The van der Waals surface area contributed by atoms with E-state index >= 15 is 0 Å². The van der Waals surface area contributed by atoms with Crippen LogP contribution in [-0.4, -0.2) is 42.9 Å². The smallest absolute Gasteiger partial charge is 0.251 e. The molecule has 0 aliphatic heterocycles. The lowest BCUT2D eigenvalue weighted by Gasteiger charge is -2.20. The maximum absolute atomic E-state index is 12.2. The van der Waals surface area contributed by atoms with Gasteiger partial charge >= 0.3 is 0 Å². The Morgan fingerprint density at radius 1 is 1.04 bits per heavy atom. The van der Waals surface area contributed by atoms with Crippen molar-refractivity contribution in [1.82, 2.24) is 10.2 Å². The van der Waals surface area contributed by atoms with Crippen molar-refractivity contribution in [2.24, 2.45) is 0 Å². The quantitative estimate of drug-likeness (QED) is 0.697. The average molecular weight is 319 g/mol. The Balaban J connectivity index is 2.62. The van der Waals surface area contributed by atoms with Crippen LogP contribution in [0.15, 0.2) is 24.3 Å². The number of anilines is 1. The summed E-state index contributed by atoms with van der Waals surface area (Å²) in [6, 6.07) is 7.05. The normalized spacial score (nSPS) is 10.6. The van der Waals surface area contributed by atoms with Gasteiger partial charge in [0.25, 0.3) is 5.91 Å². The number of nitrogens with zero attached hydrogens (tertiary/aromatic N) is 1. The van der Waals surface area contributed by atoms with Crippen LogP contribution in [0, 0.1) is 0 Å². The molecule has 0 fully saturated rings. The summed E-state index contributed by atoms with van der Waals surface area (Å²) < 4.78 is 0. The summed E-state index contributed by atoms with van der Waals surface area (Å²) >= 11 is 0. The lowest BCUT2D eigenvalue weighted by atomic mass is 10.2. The van der Waals surface area contributed by atoms with Gasteiger partial charge in [-0.3, -0.25) is 14.5 Å². The molecule has 0 heterocycles. The molecule has 2 amide bonds. The van der Waals surface area contributed by atoms with Gasteiger partial charge < -0.3 is 10.6 Å². The molecule has 0 spiro atoms. The highest BCUT2D eigenvalue weighted by atomic mass is 16.2. The van der Waals surface area contributed by atoms with Gasteiger partial charge in [-0.2, -0.15) is 0 Å². The Bertz CT molecular complexity index is 497. The minimum Gasteiger partial charge on any atom is -0.352 e. The van der Waals surface area contributed by atoms with Crippen LogP contribution in [-0.2, 0) is 4.79 Å². The van der Waals surface area contributed by atoms with E-state index in [2.05, 4.69) is 29.4 Å². The molecule has 0 saturated carbocycles. The fourth-order valence-electron chi connectivity index (χ4n) is 2.38. The topological polar surface area (TPSA) is 61.4 Å². The first-order chi connectivity index (χ1) is 11.1. The third-order valence-electron chi connectivity index (χ3n) is 3.39. The fraction of sp³-hybridized carbons (Fsp3) is 0.556. The predicted molar refractivity (Wildman–Crippen MR) is 94.7 cm³/mol. The van der Waals surface area contributed by atoms with Crippen molar-refractivity contribution in [2.45, 2.75) is 40.0 Å². The summed E-state index contributed by atoms with van der Waals surface area (Å²) in [5.41, 5.74) is 1.22. The fourth-order valence-corrected chi connectivity index (χ4v) is 2.38. The van der Waals surface area contributed by atoms with Crippen LogP contribution in [0.2, 0.25) is 0 Å². The van der Waals surface area contributed by atoms with Crippen molar-refractivity contribution >= 4 is 17.5 Å². The van der Waals surface area contributed by atoms with Crippen molar-refractivity contribution in [1.29, 1.82) is 0 Å². The third kappa shape index (κ3) is 7.28. The van der Waals surface area contributed by atoms with Gasteiger partial charge in [0.1, 0.15) is 0 Å². The monoisotopic (exact) mass is 319 g/mol. The molecule has 1 aromatic carbocycles. The van der Waals surface area contributed by atoms with Gasteiger partial charge in [0.05, 0.1) is 6.54 Å². The van der Waals surface area contributed by atoms with E-state index in [0.29, 0.717) is 24.3 Å². The standard InChI is InChI=1S/C18H29N3O2/c1-4-10-19-18(23)15-8-7-9-16(13-15)20-17(22)14-21(11-5-2)12-6-3/h7-9,13H,4-6,10-12,14H2,1-3H3,(H,19,23)(H,20,22). The highest BCUT2D eigenvalue weighted by molar-refractivity contribution is 5.97. The van der Waals surface area contributed by atoms with Gasteiger partial charge in [-0.1, -0.05) is 26.8 Å². The second kappa shape index (κ2) is 10.8. The molecule has 128 valence electrons. The van der Waals surface area contributed by atoms with E-state index < -0.39 is 0 Å². The van der Waals surface area contributed by atoms with Crippen molar-refractivity contribution in [3.63, 3.8) is 0 Å². The molecule has 2 N–H and O–H groups in total. The van der Waals surface area contributed by atoms with E-state index in [4.69, 9.17) is 0 Å². The van der Waals surface area contributed by atoms with E-state index in [1.807, 2.05) is 6.92 Å². The minimum atomic E-state index is -0.110. The molecule has 5 heteroatoms. The summed E-state index contributed by atoms with van der Waals surface area (Å²) in [7, 11) is 0. The largest absolute Gasteiger partial charge is 0.352 e. The van der Waals surface area contributed by atoms with E-state index in [0.717, 1.165) is 32.4 Å². The van der Waals surface area contributed by atoms with Crippen molar-refractivity contribution in [3.8, 4) is 0 Å². The molecule has 0 radical (unpaired) electrons. The van der Waals surface area contributed by atoms with E-state index in [-0.39, 0.29) is 11.8 Å². The summed E-state index contributed by atoms with van der Waals surface area (Å²) in [5, 5.41) is 5.71. The van der Waals surface area contributed by atoms with Crippen LogP contribution in [0.5, 0.6) is 0 Å². The molecule has 0 aromatic heterocycles. The van der Waals surface area contributed by atoms with Crippen LogP contribution < -0.4 is 10.6 Å². The van der Waals surface area contributed by atoms with Gasteiger partial charge in [-0.25, -0.2) is 0 Å². The molecule has 1 aromatic rings. The summed E-state index contributed by atoms with van der Waals surface area (Å²) in [4.78, 5) is 26.3. The number of nitrogens with one attached hydrogen (secondary N) is 2. The summed E-state index contributed by atoms with van der Waals surface area (Å²) in [6.45, 7) is 9.10. The van der Waals surface area contributed by atoms with Crippen LogP contribution in [0.3, 0.4) is 0 Å². The molecule has 0 bridgehead atoms. The van der Waals surface area contributed by atoms with Crippen molar-refractivity contribution < 1.29 is 9.59 Å². The van der Waals surface area contributed by atoms with Crippen LogP contribution >= 0.6 is 0 Å². The SMILES string of the molecule is CCCNC(=O)c1cccc(NC(=O)CN(CCC)CCC)c1. The molecule has 0 aliphatic carbocycles. The third-order valence-corrected chi connectivity index (χ3v) is 3.39. The molecule has 0 aliphatic rings. The Kier molecular flexibility index (Phi) is 8.98. The number of benzene rings is 1. The number of rotatable bonds is 10. The van der Waals surface area contributed by atoms with Gasteiger partial charge in [0.15, 0.2) is 0 Å². The zero-order valence-electron chi connectivity index (χ0n) is 14.5. The lowest BCUT2D eigenvalue weighted by molar-refractivity contribution is -0.117. The molecule has 0 atom stereocenters. The average Bonchev–Trinajstić information content (AvgIpc) is 2.53. The first-order valence-electron chi connectivity index (χ1n) is 8.51. The Hall–Kier alpha value is -1.88. The number of hydrogen-bond acceptors (Lipinski definition) is 3. The van der Waals surface area contributed by atoms with Crippen LogP contribution in [0.1, 0.15) is 50.4 Å². The zero-order valence-corrected chi connectivity index (χ0v) is 14.5. The Morgan fingerprint density at radius 3 is 2.35 bits per heavy atom. The zero-order chi connectivity index (χ0) is 17.1. The summed E-state index contributed by atoms with van der Waals surface area (Å²) in [5.74, 6) is -0.153. The lowest BCUT2D eigenvalue weighted by Crippen LogP contribution is -2.34. The number of amides is 2. The summed E-state index contributed by atoms with van der Waals surface area (Å²) in [6.07, 6.45) is 2.95. The second-order valence-corrected chi connectivity index (χ2v) is 5.66. The molecule has 5 nitrogen and oxygen atoms in total. The van der Waals surface area contributed by atoms with Gasteiger partial charge in [0.2, 0.25) is 5.91 Å². The molecule has 0 saturated heterocycles. The Labute approximate surface area is 139 Å². The molecular formula is C18H29N3O2. The molecule has 23 heavy (non-hydrogen) atoms. The predicted octanol–water partition coefficient (Wildman–Crippen LogP) is 2.89. The first-order valence-corrected chi connectivity index (χ1v) is 8.51. The molecule has 0 unspecified atom stereocenters. The number of carbonyl (C=O) groups excluding carboxylic acids is 2.